The molecule has 0 unspecified atom stereocenters. The number of carbonyl (C=O) groups excluding carboxylic acids is 2. The minimum absolute atomic E-state index is 0. The first-order valence-electron chi connectivity index (χ1n) is 16.7. The Hall–Kier alpha value is -4.56. The lowest BCUT2D eigenvalue weighted by Gasteiger charge is -2.34. The lowest BCUT2D eigenvalue weighted by atomic mass is 10.0. The molecular formula is C36H42Cl3F3N10O2. The van der Waals surface area contributed by atoms with Crippen LogP contribution in [0.1, 0.15) is 45.2 Å². The number of likely N-dealkylation sites (N-methyl/N-ethyl adjacent to an activating group) is 1. The summed E-state index contributed by atoms with van der Waals surface area (Å²) in [6.07, 6.45) is -2.44. The second-order valence-electron chi connectivity index (χ2n) is 12.3. The standard InChI is InChI=1S/C36H39F3N10O2.3ClH/c1-2-47-14-16-48(17-15-47)22-25-8-9-27(19-29(25)36(37,38)39)45-35(51)44-26-5-3-4-23(18-26)6-7-24-21-43-34(41)46-32(24)31-20-28-30(49(31)13-11-40)10-12-42-33(28)50;;;/h3-5,8-9,18-21H,2,10-17,22,40H2,1H3,(H,42,50)(H2,41,43,46)(H2,44,45,51);3*1H. The number of alkyl halides is 3. The number of piperazine rings is 1. The molecule has 0 atom stereocenters. The smallest absolute Gasteiger partial charge is 0.368 e. The Labute approximate surface area is 329 Å². The summed E-state index contributed by atoms with van der Waals surface area (Å²) in [5.41, 5.74) is 15.1. The molecule has 0 aliphatic carbocycles. The third kappa shape index (κ3) is 10.3. The fourth-order valence-electron chi connectivity index (χ4n) is 6.38. The highest BCUT2D eigenvalue weighted by molar-refractivity contribution is 6.00. The van der Waals surface area contributed by atoms with Crippen LogP contribution < -0.4 is 27.4 Å². The van der Waals surface area contributed by atoms with Gasteiger partial charge in [-0.05, 0) is 48.5 Å². The molecule has 2 aliphatic heterocycles. The van der Waals surface area contributed by atoms with E-state index in [0.29, 0.717) is 72.9 Å². The van der Waals surface area contributed by atoms with Gasteiger partial charge >= 0.3 is 12.2 Å². The number of nitrogens with one attached hydrogen (secondary N) is 3. The van der Waals surface area contributed by atoms with Gasteiger partial charge in [-0.2, -0.15) is 13.2 Å². The number of nitrogens with zero attached hydrogens (tertiary/aromatic N) is 5. The molecule has 2 aromatic heterocycles. The van der Waals surface area contributed by atoms with Gasteiger partial charge < -0.3 is 36.9 Å². The van der Waals surface area contributed by atoms with Crippen molar-refractivity contribution in [1.82, 2.24) is 29.7 Å². The third-order valence-electron chi connectivity index (χ3n) is 8.94. The van der Waals surface area contributed by atoms with Gasteiger partial charge in [0.15, 0.2) is 0 Å². The average molecular weight is 810 g/mol. The molecule has 7 N–H and O–H groups in total. The van der Waals surface area contributed by atoms with Gasteiger partial charge in [0.1, 0.15) is 5.69 Å². The van der Waals surface area contributed by atoms with Gasteiger partial charge in [-0.3, -0.25) is 9.69 Å². The van der Waals surface area contributed by atoms with E-state index in [0.717, 1.165) is 31.4 Å². The first-order chi connectivity index (χ1) is 24.5. The van der Waals surface area contributed by atoms with E-state index in [9.17, 15) is 22.8 Å². The van der Waals surface area contributed by atoms with E-state index in [1.54, 1.807) is 30.3 Å². The largest absolute Gasteiger partial charge is 0.416 e. The highest BCUT2D eigenvalue weighted by Gasteiger charge is 2.34. The number of hydrogen-bond acceptors (Lipinski definition) is 8. The molecule has 12 nitrogen and oxygen atoms in total. The number of anilines is 3. The zero-order valence-corrected chi connectivity index (χ0v) is 31.8. The minimum Gasteiger partial charge on any atom is -0.368 e. The summed E-state index contributed by atoms with van der Waals surface area (Å²) in [6.45, 7) is 7.49. The van der Waals surface area contributed by atoms with Crippen molar-refractivity contribution in [2.45, 2.75) is 32.6 Å². The Bertz CT molecular complexity index is 2010. The van der Waals surface area contributed by atoms with Crippen LogP contribution >= 0.6 is 37.2 Å². The number of benzene rings is 2. The minimum atomic E-state index is -4.58. The fourth-order valence-corrected chi connectivity index (χ4v) is 6.38. The number of amides is 3. The molecule has 290 valence electrons. The Morgan fingerprint density at radius 3 is 2.37 bits per heavy atom. The molecule has 0 spiro atoms. The van der Waals surface area contributed by atoms with E-state index >= 15 is 0 Å². The molecule has 6 rings (SSSR count). The van der Waals surface area contributed by atoms with Crippen molar-refractivity contribution in [3.05, 3.63) is 88.2 Å². The van der Waals surface area contributed by atoms with E-state index in [1.165, 1.54) is 18.3 Å². The molecule has 0 radical (unpaired) electrons. The van der Waals surface area contributed by atoms with Crippen LogP contribution in [-0.2, 0) is 25.7 Å². The van der Waals surface area contributed by atoms with E-state index < -0.39 is 17.8 Å². The van der Waals surface area contributed by atoms with Crippen LogP contribution in [0.15, 0.2) is 54.7 Å². The Morgan fingerprint density at radius 1 is 0.981 bits per heavy atom. The number of fused-ring (bicyclic) bond motifs is 1. The van der Waals surface area contributed by atoms with Crippen molar-refractivity contribution in [3.63, 3.8) is 0 Å². The van der Waals surface area contributed by atoms with E-state index in [1.807, 2.05) is 9.47 Å². The van der Waals surface area contributed by atoms with Crippen LogP contribution in [-0.4, -0.2) is 82.1 Å². The molecule has 4 aromatic rings. The summed E-state index contributed by atoms with van der Waals surface area (Å²) in [4.78, 5) is 38.3. The van der Waals surface area contributed by atoms with Gasteiger partial charge in [0.2, 0.25) is 5.95 Å². The predicted molar refractivity (Wildman–Crippen MR) is 211 cm³/mol. The molecule has 2 aromatic carbocycles. The Morgan fingerprint density at radius 2 is 1.69 bits per heavy atom. The molecule has 3 amide bonds. The maximum Gasteiger partial charge on any atom is 0.416 e. The lowest BCUT2D eigenvalue weighted by Crippen LogP contribution is -2.45. The fraction of sp³-hybridized carbons (Fsp3) is 0.333. The van der Waals surface area contributed by atoms with Crippen LogP contribution in [0.2, 0.25) is 0 Å². The van der Waals surface area contributed by atoms with Gasteiger partial charge in [-0.25, -0.2) is 14.8 Å². The maximum absolute atomic E-state index is 14.1. The van der Waals surface area contributed by atoms with Crippen LogP contribution in [0.5, 0.6) is 0 Å². The molecule has 1 saturated heterocycles. The molecule has 54 heavy (non-hydrogen) atoms. The van der Waals surface area contributed by atoms with Gasteiger partial charge in [0, 0.05) is 87.6 Å². The second-order valence-corrected chi connectivity index (χ2v) is 12.3. The number of aromatic nitrogens is 3. The second kappa shape index (κ2) is 19.2. The van der Waals surface area contributed by atoms with Gasteiger partial charge in [-0.1, -0.05) is 30.9 Å². The monoisotopic (exact) mass is 808 g/mol. The zero-order valence-electron chi connectivity index (χ0n) is 29.3. The quantitative estimate of drug-likeness (QED) is 0.151. The summed E-state index contributed by atoms with van der Waals surface area (Å²) >= 11 is 0. The maximum atomic E-state index is 14.1. The van der Waals surface area contributed by atoms with Crippen molar-refractivity contribution < 1.29 is 22.8 Å². The summed E-state index contributed by atoms with van der Waals surface area (Å²) in [6, 6.07) is 11.6. The van der Waals surface area contributed by atoms with Crippen molar-refractivity contribution in [3.8, 4) is 23.2 Å². The first kappa shape index (κ1) is 43.8. The molecule has 2 aliphatic rings. The molecule has 18 heteroatoms. The average Bonchev–Trinajstić information content (AvgIpc) is 3.48. The summed E-state index contributed by atoms with van der Waals surface area (Å²) in [7, 11) is 0. The van der Waals surface area contributed by atoms with Crippen molar-refractivity contribution in [2.24, 2.45) is 5.73 Å². The van der Waals surface area contributed by atoms with Gasteiger partial charge in [0.25, 0.3) is 5.91 Å². The summed E-state index contributed by atoms with van der Waals surface area (Å²) < 4.78 is 44.2. The van der Waals surface area contributed by atoms with Crippen LogP contribution in [0.3, 0.4) is 0 Å². The molecule has 1 fully saturated rings. The normalized spacial score (nSPS) is 14.2. The Balaban J connectivity index is 0.00000261. The van der Waals surface area contributed by atoms with E-state index in [-0.39, 0.29) is 66.9 Å². The van der Waals surface area contributed by atoms with Crippen molar-refractivity contribution in [2.75, 3.05) is 62.2 Å². The Kier molecular flexibility index (Phi) is 15.6. The van der Waals surface area contributed by atoms with Gasteiger partial charge in [-0.15, -0.1) is 37.2 Å². The SMILES string of the molecule is CCN1CCN(Cc2ccc(NC(=O)Nc3cccc(C#Cc4cnc(N)nc4-c4cc5c(n4CCN)CCNC5=O)c3)cc2C(F)(F)F)CC1.Cl.Cl.Cl. The van der Waals surface area contributed by atoms with Crippen LogP contribution in [0, 0.1) is 11.8 Å². The third-order valence-corrected chi connectivity index (χ3v) is 8.94. The predicted octanol–water partition coefficient (Wildman–Crippen LogP) is 5.24. The number of nitrogen functional groups attached to an aromatic ring is 1. The molecule has 0 saturated carbocycles. The highest BCUT2D eigenvalue weighted by atomic mass is 35.5. The molecule has 4 heterocycles. The van der Waals surface area contributed by atoms with E-state index in [4.69, 9.17) is 11.5 Å². The van der Waals surface area contributed by atoms with Gasteiger partial charge in [0.05, 0.1) is 22.4 Å². The number of rotatable bonds is 8. The molecule has 0 bridgehead atoms. The zero-order chi connectivity index (χ0) is 36.1. The number of carbonyl (C=O) groups is 2. The van der Waals surface area contributed by atoms with Crippen molar-refractivity contribution >= 4 is 66.5 Å². The molecular weight excluding hydrogens is 768 g/mol. The highest BCUT2D eigenvalue weighted by Crippen LogP contribution is 2.35. The van der Waals surface area contributed by atoms with Crippen LogP contribution in [0.4, 0.5) is 35.3 Å². The van der Waals surface area contributed by atoms with Crippen molar-refractivity contribution in [1.29, 1.82) is 0 Å². The lowest BCUT2D eigenvalue weighted by molar-refractivity contribution is -0.138. The number of halogens is 6. The van der Waals surface area contributed by atoms with E-state index in [2.05, 4.69) is 49.6 Å². The topological polar surface area (TPSA) is 159 Å². The number of hydrogen-bond donors (Lipinski definition) is 5. The first-order valence-corrected chi connectivity index (χ1v) is 16.7. The number of nitrogens with two attached hydrogens (primary N) is 2. The summed E-state index contributed by atoms with van der Waals surface area (Å²) in [5, 5.41) is 8.04. The number of urea groups is 1. The summed E-state index contributed by atoms with van der Waals surface area (Å²) in [5.74, 6) is 6.00. The van der Waals surface area contributed by atoms with Crippen LogP contribution in [0.25, 0.3) is 11.4 Å².